The number of para-hydroxylation sites is 1. The van der Waals surface area contributed by atoms with E-state index < -0.39 is 0 Å². The summed E-state index contributed by atoms with van der Waals surface area (Å²) in [5, 5.41) is 10.6. The molecule has 0 aliphatic heterocycles. The van der Waals surface area contributed by atoms with Crippen LogP contribution in [-0.4, -0.2) is 30.6 Å². The lowest BCUT2D eigenvalue weighted by Gasteiger charge is -2.09. The molecule has 0 radical (unpaired) electrons. The van der Waals surface area contributed by atoms with Crippen molar-refractivity contribution in [2.24, 2.45) is 5.10 Å². The lowest BCUT2D eigenvalue weighted by molar-refractivity contribution is 0.829. The maximum atomic E-state index is 13.6. The van der Waals surface area contributed by atoms with Crippen LogP contribution in [0.4, 0.5) is 0 Å². The first-order chi connectivity index (χ1) is 18.6. The lowest BCUT2D eigenvalue weighted by atomic mass is 10.1. The first-order valence-corrected chi connectivity index (χ1v) is 12.3. The summed E-state index contributed by atoms with van der Waals surface area (Å²) < 4.78 is 3.13. The molecule has 0 saturated heterocycles. The largest absolute Gasteiger partial charge is 0.282 e. The second kappa shape index (κ2) is 9.88. The molecule has 6 rings (SSSR count). The molecule has 38 heavy (non-hydrogen) atoms. The molecule has 0 amide bonds. The van der Waals surface area contributed by atoms with E-state index in [1.54, 1.807) is 41.5 Å². The van der Waals surface area contributed by atoms with Gasteiger partial charge in [0, 0.05) is 40.3 Å². The van der Waals surface area contributed by atoms with Gasteiger partial charge in [-0.1, -0.05) is 41.4 Å². The van der Waals surface area contributed by atoms with Gasteiger partial charge in [-0.05, 0) is 67.6 Å². The number of halogens is 1. The van der Waals surface area contributed by atoms with Gasteiger partial charge in [-0.3, -0.25) is 9.78 Å². The number of fused-ring (bicyclic) bond motifs is 1. The molecule has 0 spiro atoms. The van der Waals surface area contributed by atoms with E-state index in [0.29, 0.717) is 27.4 Å². The van der Waals surface area contributed by atoms with Gasteiger partial charge < -0.3 is 0 Å². The normalized spacial score (nSPS) is 11.4. The third-order valence-corrected chi connectivity index (χ3v) is 6.42. The molecule has 184 valence electrons. The summed E-state index contributed by atoms with van der Waals surface area (Å²) in [6.45, 7) is 2.04. The smallest absolute Gasteiger partial charge is 0.267 e. The van der Waals surface area contributed by atoms with Crippen LogP contribution in [0.5, 0.6) is 0 Å². The second-order valence-electron chi connectivity index (χ2n) is 8.77. The Hall–Kier alpha value is -4.88. The van der Waals surface area contributed by atoms with E-state index >= 15 is 0 Å². The van der Waals surface area contributed by atoms with E-state index in [1.807, 2.05) is 79.9 Å². The fourth-order valence-corrected chi connectivity index (χ4v) is 4.31. The first kappa shape index (κ1) is 23.5. The van der Waals surface area contributed by atoms with E-state index in [0.717, 1.165) is 27.9 Å². The summed E-state index contributed by atoms with van der Waals surface area (Å²) in [6.07, 6.45) is 6.98. The van der Waals surface area contributed by atoms with Crippen LogP contribution < -0.4 is 5.56 Å². The maximum absolute atomic E-state index is 13.6. The molecule has 8 heteroatoms. The minimum absolute atomic E-state index is 0.270. The minimum Gasteiger partial charge on any atom is -0.267 e. The standard InChI is InChI=1S/C30H21ClN6O/c1-20-6-12-25(13-7-20)36-19-23(28(35-36)21-14-16-32-17-15-21)18-33-37-29(22-8-10-24(31)11-9-22)34-27-5-3-2-4-26(27)30(37)38/h2-19H,1H3/b33-18+. The fraction of sp³-hybridized carbons (Fsp3) is 0.0333. The van der Waals surface area contributed by atoms with Crippen LogP contribution in [0.15, 0.2) is 113 Å². The predicted molar refractivity (Wildman–Crippen MR) is 151 cm³/mol. The average Bonchev–Trinajstić information content (AvgIpc) is 3.38. The average molecular weight is 517 g/mol. The molecular weight excluding hydrogens is 496 g/mol. The fourth-order valence-electron chi connectivity index (χ4n) is 4.18. The second-order valence-corrected chi connectivity index (χ2v) is 9.21. The van der Waals surface area contributed by atoms with Gasteiger partial charge in [-0.25, -0.2) is 9.67 Å². The first-order valence-electron chi connectivity index (χ1n) is 12.0. The summed E-state index contributed by atoms with van der Waals surface area (Å²) >= 11 is 6.11. The van der Waals surface area contributed by atoms with Gasteiger partial charge in [0.25, 0.3) is 5.56 Å². The highest BCUT2D eigenvalue weighted by atomic mass is 35.5. The zero-order valence-electron chi connectivity index (χ0n) is 20.4. The zero-order chi connectivity index (χ0) is 26.1. The predicted octanol–water partition coefficient (Wildman–Crippen LogP) is 6.16. The summed E-state index contributed by atoms with van der Waals surface area (Å²) in [6, 6.07) is 26.3. The van der Waals surface area contributed by atoms with E-state index in [9.17, 15) is 4.79 Å². The number of pyridine rings is 1. The number of aromatic nitrogens is 5. The molecule has 0 unspecified atom stereocenters. The Labute approximate surface area is 223 Å². The van der Waals surface area contributed by atoms with Crippen molar-refractivity contribution in [3.05, 3.63) is 130 Å². The van der Waals surface area contributed by atoms with E-state index in [2.05, 4.69) is 10.1 Å². The van der Waals surface area contributed by atoms with Crippen molar-refractivity contribution in [3.8, 4) is 28.3 Å². The van der Waals surface area contributed by atoms with Crippen LogP contribution in [0, 0.1) is 6.92 Å². The number of rotatable bonds is 5. The van der Waals surface area contributed by atoms with Crippen LogP contribution in [0.2, 0.25) is 5.02 Å². The molecule has 0 N–H and O–H groups in total. The molecule has 0 atom stereocenters. The summed E-state index contributed by atoms with van der Waals surface area (Å²) in [4.78, 5) is 22.5. The van der Waals surface area contributed by atoms with Crippen molar-refractivity contribution < 1.29 is 0 Å². The van der Waals surface area contributed by atoms with Crippen molar-refractivity contribution in [2.75, 3.05) is 0 Å². The molecule has 3 aromatic carbocycles. The minimum atomic E-state index is -0.270. The molecule has 6 aromatic rings. The molecule has 7 nitrogen and oxygen atoms in total. The Morgan fingerprint density at radius 2 is 1.61 bits per heavy atom. The van der Waals surface area contributed by atoms with E-state index in [-0.39, 0.29) is 5.56 Å². The number of hydrogen-bond donors (Lipinski definition) is 0. The van der Waals surface area contributed by atoms with Crippen molar-refractivity contribution in [1.82, 2.24) is 24.4 Å². The quantitative estimate of drug-likeness (QED) is 0.257. The molecule has 3 aromatic heterocycles. The van der Waals surface area contributed by atoms with Crippen LogP contribution in [0.3, 0.4) is 0 Å². The summed E-state index contributed by atoms with van der Waals surface area (Å²) in [7, 11) is 0. The highest BCUT2D eigenvalue weighted by Gasteiger charge is 2.15. The number of benzene rings is 3. The summed E-state index contributed by atoms with van der Waals surface area (Å²) in [5.41, 5.74) is 5.46. The highest BCUT2D eigenvalue weighted by molar-refractivity contribution is 6.30. The Bertz CT molecular complexity index is 1840. The number of hydrogen-bond acceptors (Lipinski definition) is 5. The molecule has 0 saturated carbocycles. The van der Waals surface area contributed by atoms with Gasteiger partial charge in [0.15, 0.2) is 5.82 Å². The maximum Gasteiger partial charge on any atom is 0.282 e. The Kier molecular flexibility index (Phi) is 6.11. The summed E-state index contributed by atoms with van der Waals surface area (Å²) in [5.74, 6) is 0.415. The van der Waals surface area contributed by atoms with E-state index in [1.165, 1.54) is 4.68 Å². The Morgan fingerprint density at radius 1 is 0.868 bits per heavy atom. The van der Waals surface area contributed by atoms with Gasteiger partial charge in [0.1, 0.15) is 5.69 Å². The van der Waals surface area contributed by atoms with Crippen LogP contribution in [0.1, 0.15) is 11.1 Å². The molecule has 3 heterocycles. The highest BCUT2D eigenvalue weighted by Crippen LogP contribution is 2.24. The van der Waals surface area contributed by atoms with Crippen LogP contribution in [0.25, 0.3) is 39.2 Å². The lowest BCUT2D eigenvalue weighted by Crippen LogP contribution is -2.20. The number of nitrogens with zero attached hydrogens (tertiary/aromatic N) is 6. The van der Waals surface area contributed by atoms with Crippen molar-refractivity contribution in [2.45, 2.75) is 6.92 Å². The van der Waals surface area contributed by atoms with Crippen LogP contribution in [-0.2, 0) is 0 Å². The Morgan fingerprint density at radius 3 is 2.37 bits per heavy atom. The zero-order valence-corrected chi connectivity index (χ0v) is 21.1. The third kappa shape index (κ3) is 4.51. The topological polar surface area (TPSA) is 78.0 Å². The Balaban J connectivity index is 1.53. The van der Waals surface area contributed by atoms with Gasteiger partial charge in [0.2, 0.25) is 0 Å². The van der Waals surface area contributed by atoms with Gasteiger partial charge in [0.05, 0.1) is 22.8 Å². The van der Waals surface area contributed by atoms with Gasteiger partial charge in [-0.2, -0.15) is 14.9 Å². The van der Waals surface area contributed by atoms with Gasteiger partial charge >= 0.3 is 0 Å². The van der Waals surface area contributed by atoms with Gasteiger partial charge in [-0.15, -0.1) is 0 Å². The molecular formula is C30H21ClN6O. The number of aryl methyl sites for hydroxylation is 1. The SMILES string of the molecule is Cc1ccc(-n2cc(/C=N/n3c(-c4ccc(Cl)cc4)nc4ccccc4c3=O)c(-c3ccncc3)n2)cc1. The monoisotopic (exact) mass is 516 g/mol. The van der Waals surface area contributed by atoms with Crippen LogP contribution >= 0.6 is 11.6 Å². The van der Waals surface area contributed by atoms with E-state index in [4.69, 9.17) is 21.7 Å². The van der Waals surface area contributed by atoms with Crippen molar-refractivity contribution in [1.29, 1.82) is 0 Å². The van der Waals surface area contributed by atoms with Crippen molar-refractivity contribution in [3.63, 3.8) is 0 Å². The molecule has 0 aliphatic carbocycles. The van der Waals surface area contributed by atoms with Crippen molar-refractivity contribution >= 4 is 28.7 Å². The third-order valence-electron chi connectivity index (χ3n) is 6.16. The molecule has 0 fully saturated rings. The molecule has 0 aliphatic rings. The molecule has 0 bridgehead atoms.